The van der Waals surface area contributed by atoms with Crippen LogP contribution in [0.1, 0.15) is 25.7 Å². The zero-order chi connectivity index (χ0) is 7.56. The third-order valence-electron chi connectivity index (χ3n) is 2.05. The van der Waals surface area contributed by atoms with Gasteiger partial charge in [0.25, 0.3) is 0 Å². The Hall–Kier alpha value is -0.280. The van der Waals surface area contributed by atoms with Crippen molar-refractivity contribution in [2.75, 3.05) is 0 Å². The number of rotatable bonds is 2. The number of hydrogen-bond donors (Lipinski definition) is 2. The highest BCUT2D eigenvalue weighted by Crippen LogP contribution is 2.26. The Kier molecular flexibility index (Phi) is 4.45. The van der Waals surface area contributed by atoms with Gasteiger partial charge in [0.2, 0.25) is 0 Å². The van der Waals surface area contributed by atoms with Crippen molar-refractivity contribution in [2.24, 2.45) is 11.7 Å². The summed E-state index contributed by atoms with van der Waals surface area (Å²) in [6, 6.07) is 0.254. The van der Waals surface area contributed by atoms with E-state index in [0.29, 0.717) is 12.3 Å². The molecule has 0 aromatic rings. The summed E-state index contributed by atoms with van der Waals surface area (Å²) in [5.74, 6) is -0.355. The number of hydrogen-bond acceptors (Lipinski definition) is 2. The van der Waals surface area contributed by atoms with Crippen LogP contribution in [0.3, 0.4) is 0 Å². The molecule has 3 nitrogen and oxygen atoms in total. The predicted molar refractivity (Wildman–Crippen MR) is 44.8 cm³/mol. The van der Waals surface area contributed by atoms with Crippen LogP contribution in [-0.2, 0) is 4.79 Å². The zero-order valence-corrected chi connectivity index (χ0v) is 7.14. The molecule has 0 unspecified atom stereocenters. The first-order chi connectivity index (χ1) is 4.68. The SMILES string of the molecule is Cl.N[C@H]1CC[C@H](CC(=O)O)C1. The third-order valence-corrected chi connectivity index (χ3v) is 2.05. The number of nitrogens with two attached hydrogens (primary N) is 1. The lowest BCUT2D eigenvalue weighted by molar-refractivity contribution is -0.138. The van der Waals surface area contributed by atoms with Gasteiger partial charge in [0.15, 0.2) is 0 Å². The largest absolute Gasteiger partial charge is 0.481 e. The quantitative estimate of drug-likeness (QED) is 0.665. The van der Waals surface area contributed by atoms with Crippen molar-refractivity contribution in [1.82, 2.24) is 0 Å². The smallest absolute Gasteiger partial charge is 0.303 e. The number of aliphatic carboxylic acids is 1. The fourth-order valence-electron chi connectivity index (χ4n) is 1.55. The topological polar surface area (TPSA) is 63.3 Å². The van der Waals surface area contributed by atoms with Gasteiger partial charge in [0.1, 0.15) is 0 Å². The van der Waals surface area contributed by atoms with Gasteiger partial charge in [-0.25, -0.2) is 0 Å². The molecule has 1 aliphatic rings. The lowest BCUT2D eigenvalue weighted by atomic mass is 10.0. The fraction of sp³-hybridized carbons (Fsp3) is 0.857. The molecule has 1 saturated carbocycles. The monoisotopic (exact) mass is 179 g/mol. The molecule has 0 bridgehead atoms. The molecule has 3 N–H and O–H groups in total. The van der Waals surface area contributed by atoms with Crippen LogP contribution in [0.5, 0.6) is 0 Å². The molecular formula is C7H14ClNO2. The number of carboxylic acids is 1. The van der Waals surface area contributed by atoms with E-state index in [0.717, 1.165) is 19.3 Å². The van der Waals surface area contributed by atoms with E-state index in [2.05, 4.69) is 0 Å². The fourth-order valence-corrected chi connectivity index (χ4v) is 1.55. The lowest BCUT2D eigenvalue weighted by Gasteiger charge is -2.03. The van der Waals surface area contributed by atoms with Crippen LogP contribution >= 0.6 is 12.4 Å². The summed E-state index contributed by atoms with van der Waals surface area (Å²) in [7, 11) is 0. The number of carbonyl (C=O) groups is 1. The summed E-state index contributed by atoms with van der Waals surface area (Å²) in [5, 5.41) is 8.42. The Morgan fingerprint density at radius 2 is 2.18 bits per heavy atom. The lowest BCUT2D eigenvalue weighted by Crippen LogP contribution is -2.15. The maximum absolute atomic E-state index is 10.2. The molecule has 0 amide bonds. The molecule has 11 heavy (non-hydrogen) atoms. The first-order valence-corrected chi connectivity index (χ1v) is 3.66. The first kappa shape index (κ1) is 10.7. The van der Waals surface area contributed by atoms with E-state index < -0.39 is 5.97 Å². The Bertz CT molecular complexity index is 140. The maximum atomic E-state index is 10.2. The van der Waals surface area contributed by atoms with Gasteiger partial charge in [0.05, 0.1) is 0 Å². The Morgan fingerprint density at radius 3 is 2.55 bits per heavy atom. The molecule has 4 heteroatoms. The van der Waals surface area contributed by atoms with Gasteiger partial charge in [-0.2, -0.15) is 0 Å². The third kappa shape index (κ3) is 3.58. The highest BCUT2D eigenvalue weighted by molar-refractivity contribution is 5.85. The summed E-state index contributed by atoms with van der Waals surface area (Å²) in [4.78, 5) is 10.2. The summed E-state index contributed by atoms with van der Waals surface area (Å²) in [6.07, 6.45) is 3.19. The highest BCUT2D eigenvalue weighted by Gasteiger charge is 2.23. The second-order valence-electron chi connectivity index (χ2n) is 3.04. The van der Waals surface area contributed by atoms with Crippen LogP contribution in [0.4, 0.5) is 0 Å². The average molecular weight is 180 g/mol. The van der Waals surface area contributed by atoms with Crippen LogP contribution in [0, 0.1) is 5.92 Å². The minimum Gasteiger partial charge on any atom is -0.481 e. The molecular weight excluding hydrogens is 166 g/mol. The zero-order valence-electron chi connectivity index (χ0n) is 6.32. The molecule has 0 aromatic carbocycles. The van der Waals surface area contributed by atoms with E-state index in [1.165, 1.54) is 0 Å². The van der Waals surface area contributed by atoms with Crippen molar-refractivity contribution >= 4 is 18.4 Å². The van der Waals surface area contributed by atoms with Crippen molar-refractivity contribution < 1.29 is 9.90 Å². The molecule has 0 heterocycles. The van der Waals surface area contributed by atoms with Crippen molar-refractivity contribution in [2.45, 2.75) is 31.7 Å². The summed E-state index contributed by atoms with van der Waals surface area (Å²) < 4.78 is 0. The minimum atomic E-state index is -0.695. The van der Waals surface area contributed by atoms with E-state index in [1.54, 1.807) is 0 Å². The Labute approximate surface area is 72.4 Å². The molecule has 2 atom stereocenters. The molecule has 1 fully saturated rings. The van der Waals surface area contributed by atoms with Crippen LogP contribution in [0.25, 0.3) is 0 Å². The van der Waals surface area contributed by atoms with E-state index >= 15 is 0 Å². The predicted octanol–water partition coefficient (Wildman–Crippen LogP) is 1.01. The van der Waals surface area contributed by atoms with Gasteiger partial charge in [0, 0.05) is 12.5 Å². The molecule has 0 aromatic heterocycles. The summed E-state index contributed by atoms with van der Waals surface area (Å²) in [6.45, 7) is 0. The van der Waals surface area contributed by atoms with Crippen molar-refractivity contribution in [1.29, 1.82) is 0 Å². The highest BCUT2D eigenvalue weighted by atomic mass is 35.5. The number of carboxylic acid groups (broad SMARTS) is 1. The van der Waals surface area contributed by atoms with E-state index in [-0.39, 0.29) is 18.4 Å². The summed E-state index contributed by atoms with van der Waals surface area (Å²) >= 11 is 0. The van der Waals surface area contributed by atoms with Crippen molar-refractivity contribution in [3.8, 4) is 0 Å². The normalized spacial score (nSPS) is 29.5. The molecule has 0 spiro atoms. The Morgan fingerprint density at radius 1 is 1.55 bits per heavy atom. The number of halogens is 1. The minimum absolute atomic E-state index is 0. The molecule has 66 valence electrons. The standard InChI is InChI=1S/C7H13NO2.ClH/c8-6-2-1-5(3-6)4-7(9)10;/h5-6H,1-4,8H2,(H,9,10);1H/t5-,6-;/m0./s1. The van der Waals surface area contributed by atoms with Gasteiger partial charge in [-0.1, -0.05) is 0 Å². The second-order valence-corrected chi connectivity index (χ2v) is 3.04. The molecule has 0 aliphatic heterocycles. The van der Waals surface area contributed by atoms with E-state index in [9.17, 15) is 4.79 Å². The van der Waals surface area contributed by atoms with Crippen molar-refractivity contribution in [3.63, 3.8) is 0 Å². The second kappa shape index (κ2) is 4.57. The van der Waals surface area contributed by atoms with Crippen molar-refractivity contribution in [3.05, 3.63) is 0 Å². The van der Waals surface area contributed by atoms with Gasteiger partial charge in [-0.15, -0.1) is 12.4 Å². The maximum Gasteiger partial charge on any atom is 0.303 e. The van der Waals surface area contributed by atoms with Gasteiger partial charge < -0.3 is 10.8 Å². The van der Waals surface area contributed by atoms with E-state index in [4.69, 9.17) is 10.8 Å². The van der Waals surface area contributed by atoms with Crippen LogP contribution in [0.15, 0.2) is 0 Å². The average Bonchev–Trinajstić information content (AvgIpc) is 2.13. The van der Waals surface area contributed by atoms with Crippen LogP contribution in [-0.4, -0.2) is 17.1 Å². The molecule has 1 aliphatic carbocycles. The summed E-state index contributed by atoms with van der Waals surface area (Å²) in [5.41, 5.74) is 5.61. The van der Waals surface area contributed by atoms with Gasteiger partial charge in [-0.05, 0) is 25.2 Å². The Balaban J connectivity index is 0.000001000. The molecule has 0 radical (unpaired) electrons. The molecule has 1 rings (SSSR count). The van der Waals surface area contributed by atoms with Gasteiger partial charge >= 0.3 is 5.97 Å². The molecule has 0 saturated heterocycles. The van der Waals surface area contributed by atoms with Gasteiger partial charge in [-0.3, -0.25) is 4.79 Å². The van der Waals surface area contributed by atoms with E-state index in [1.807, 2.05) is 0 Å². The van der Waals surface area contributed by atoms with Crippen LogP contribution < -0.4 is 5.73 Å². The first-order valence-electron chi connectivity index (χ1n) is 3.66. The van der Waals surface area contributed by atoms with Crippen LogP contribution in [0.2, 0.25) is 0 Å².